The fourth-order valence-electron chi connectivity index (χ4n) is 4.11. The Morgan fingerprint density at radius 1 is 0.818 bits per heavy atom. The Bertz CT molecular complexity index is 1010. The molecule has 3 amide bonds. The van der Waals surface area contributed by atoms with Crippen molar-refractivity contribution in [2.24, 2.45) is 0 Å². The van der Waals surface area contributed by atoms with Crippen LogP contribution in [0.3, 0.4) is 0 Å². The van der Waals surface area contributed by atoms with Crippen LogP contribution in [0.25, 0.3) is 0 Å². The lowest BCUT2D eigenvalue weighted by Crippen LogP contribution is -2.50. The van der Waals surface area contributed by atoms with Crippen molar-refractivity contribution in [2.45, 2.75) is 12.8 Å². The summed E-state index contributed by atoms with van der Waals surface area (Å²) in [5.41, 5.74) is 2.19. The molecule has 0 spiro atoms. The van der Waals surface area contributed by atoms with Crippen molar-refractivity contribution >= 4 is 46.4 Å². The Kier molecular flexibility index (Phi) is 7.59. The first-order chi connectivity index (χ1) is 16.0. The fraction of sp³-hybridized carbons (Fsp3) is 0.375. The number of hydrogen-bond acceptors (Lipinski definition) is 5. The highest BCUT2D eigenvalue weighted by Gasteiger charge is 2.22. The maximum Gasteiger partial charge on any atom is 0.238 e. The summed E-state index contributed by atoms with van der Waals surface area (Å²) in [6.07, 6.45) is 1.48. The third-order valence-electron chi connectivity index (χ3n) is 5.88. The Labute approximate surface area is 198 Å². The number of carbonyl (C=O) groups is 3. The maximum atomic E-state index is 12.5. The minimum atomic E-state index is -0.103. The summed E-state index contributed by atoms with van der Waals surface area (Å²) in [5.74, 6) is -0.0365. The summed E-state index contributed by atoms with van der Waals surface area (Å²) in [4.78, 5) is 42.6. The zero-order valence-electron chi connectivity index (χ0n) is 18.4. The lowest BCUT2D eigenvalue weighted by atomic mass is 10.2. The van der Waals surface area contributed by atoms with Crippen LogP contribution in [-0.4, -0.2) is 73.3 Å². The number of hydrogen-bond donors (Lipinski definition) is 2. The highest BCUT2D eigenvalue weighted by Crippen LogP contribution is 2.23. The van der Waals surface area contributed by atoms with Gasteiger partial charge < -0.3 is 15.5 Å². The van der Waals surface area contributed by atoms with Crippen molar-refractivity contribution in [3.8, 4) is 0 Å². The van der Waals surface area contributed by atoms with Crippen LogP contribution in [0.4, 0.5) is 17.1 Å². The van der Waals surface area contributed by atoms with E-state index in [1.807, 2.05) is 36.4 Å². The summed E-state index contributed by atoms with van der Waals surface area (Å²) in [5, 5.41) is 6.28. The number of rotatable bonds is 7. The summed E-state index contributed by atoms with van der Waals surface area (Å²) in [6.45, 7) is 4.18. The number of carbonyl (C=O) groups excluding carboxylic acids is 3. The third-order valence-corrected chi connectivity index (χ3v) is 6.21. The van der Waals surface area contributed by atoms with Crippen LogP contribution in [0.2, 0.25) is 5.02 Å². The molecule has 0 saturated carbocycles. The molecule has 0 unspecified atom stereocenters. The van der Waals surface area contributed by atoms with E-state index in [9.17, 15) is 14.4 Å². The van der Waals surface area contributed by atoms with E-state index in [1.165, 1.54) is 0 Å². The van der Waals surface area contributed by atoms with Gasteiger partial charge in [0, 0.05) is 50.5 Å². The predicted octanol–water partition coefficient (Wildman–Crippen LogP) is 2.66. The Balaban J connectivity index is 1.18. The van der Waals surface area contributed by atoms with Crippen LogP contribution in [-0.2, 0) is 14.4 Å². The third kappa shape index (κ3) is 6.31. The molecular weight excluding hydrogens is 442 g/mol. The number of para-hydroxylation sites is 1. The second kappa shape index (κ2) is 10.8. The first-order valence-electron chi connectivity index (χ1n) is 11.2. The second-order valence-electron chi connectivity index (χ2n) is 8.32. The monoisotopic (exact) mass is 469 g/mol. The van der Waals surface area contributed by atoms with Crippen molar-refractivity contribution in [3.05, 3.63) is 53.6 Å². The van der Waals surface area contributed by atoms with Crippen LogP contribution >= 0.6 is 11.6 Å². The number of piperazine rings is 1. The molecule has 2 aliphatic heterocycles. The van der Waals surface area contributed by atoms with Gasteiger partial charge >= 0.3 is 0 Å². The van der Waals surface area contributed by atoms with Crippen LogP contribution in [0.15, 0.2) is 48.5 Å². The molecule has 0 aromatic heterocycles. The molecule has 4 rings (SSSR count). The summed E-state index contributed by atoms with van der Waals surface area (Å²) in [6, 6.07) is 14.5. The number of amides is 3. The molecular formula is C24H28ClN5O3. The van der Waals surface area contributed by atoms with E-state index in [1.54, 1.807) is 17.0 Å². The van der Waals surface area contributed by atoms with Gasteiger partial charge in [-0.05, 0) is 42.8 Å². The van der Waals surface area contributed by atoms with E-state index in [-0.39, 0.29) is 24.3 Å². The van der Waals surface area contributed by atoms with E-state index in [2.05, 4.69) is 20.4 Å². The molecule has 2 saturated heterocycles. The predicted molar refractivity (Wildman–Crippen MR) is 130 cm³/mol. The number of nitrogens with zero attached hydrogens (tertiary/aromatic N) is 3. The Morgan fingerprint density at radius 2 is 1.42 bits per heavy atom. The minimum absolute atomic E-state index is 0.0788. The van der Waals surface area contributed by atoms with Gasteiger partial charge in [0.15, 0.2) is 0 Å². The number of anilines is 3. The van der Waals surface area contributed by atoms with Crippen molar-refractivity contribution < 1.29 is 14.4 Å². The number of halogens is 1. The average molecular weight is 470 g/mol. The first-order valence-corrected chi connectivity index (χ1v) is 11.5. The van der Waals surface area contributed by atoms with Gasteiger partial charge in [0.2, 0.25) is 17.7 Å². The largest absolute Gasteiger partial charge is 0.325 e. The topological polar surface area (TPSA) is 85.0 Å². The molecule has 0 atom stereocenters. The summed E-state index contributed by atoms with van der Waals surface area (Å²) < 4.78 is 0. The summed E-state index contributed by atoms with van der Waals surface area (Å²) >= 11 is 6.09. The van der Waals surface area contributed by atoms with Gasteiger partial charge in [-0.25, -0.2) is 0 Å². The molecule has 2 fully saturated rings. The van der Waals surface area contributed by atoms with Gasteiger partial charge in [0.25, 0.3) is 0 Å². The quantitative estimate of drug-likeness (QED) is 0.651. The Hall–Kier alpha value is -2.94. The van der Waals surface area contributed by atoms with Gasteiger partial charge in [-0.3, -0.25) is 24.2 Å². The van der Waals surface area contributed by atoms with Crippen LogP contribution in [0.1, 0.15) is 12.8 Å². The minimum Gasteiger partial charge on any atom is -0.325 e. The molecule has 8 nitrogen and oxygen atoms in total. The lowest BCUT2D eigenvalue weighted by Gasteiger charge is -2.33. The molecule has 33 heavy (non-hydrogen) atoms. The molecule has 174 valence electrons. The van der Waals surface area contributed by atoms with Gasteiger partial charge in [-0.15, -0.1) is 0 Å². The van der Waals surface area contributed by atoms with Gasteiger partial charge in [0.05, 0.1) is 23.8 Å². The normalized spacial score (nSPS) is 17.2. The van der Waals surface area contributed by atoms with Crippen molar-refractivity contribution in [1.29, 1.82) is 0 Å². The standard InChI is InChI=1S/C24H28ClN5O3/c25-20-4-1-2-5-21(20)27-23(32)17-29-14-12-28(13-15-29)16-22(31)26-18-7-9-19(10-8-18)30-11-3-6-24(30)33/h1-2,4-5,7-10H,3,6,11-17H2,(H,26,31)(H,27,32). The molecule has 2 heterocycles. The molecule has 2 aromatic carbocycles. The zero-order valence-corrected chi connectivity index (χ0v) is 19.2. The fourth-order valence-corrected chi connectivity index (χ4v) is 4.29. The van der Waals surface area contributed by atoms with Crippen molar-refractivity contribution in [1.82, 2.24) is 9.80 Å². The molecule has 0 aliphatic carbocycles. The SMILES string of the molecule is O=C(CN1CCN(CC(=O)Nc2ccccc2Cl)CC1)Nc1ccc(N2CCCC2=O)cc1. The molecule has 2 aromatic rings. The number of nitrogens with one attached hydrogen (secondary N) is 2. The lowest BCUT2D eigenvalue weighted by molar-refractivity contribution is -0.120. The van der Waals surface area contributed by atoms with Crippen LogP contribution < -0.4 is 15.5 Å². The van der Waals surface area contributed by atoms with Gasteiger partial charge in [-0.2, -0.15) is 0 Å². The number of benzene rings is 2. The molecule has 0 bridgehead atoms. The van der Waals surface area contributed by atoms with Crippen LogP contribution in [0, 0.1) is 0 Å². The van der Waals surface area contributed by atoms with Crippen molar-refractivity contribution in [3.63, 3.8) is 0 Å². The molecule has 2 aliphatic rings. The first kappa shape index (κ1) is 23.2. The molecule has 0 radical (unpaired) electrons. The molecule has 9 heteroatoms. The van der Waals surface area contributed by atoms with E-state index in [4.69, 9.17) is 11.6 Å². The summed E-state index contributed by atoms with van der Waals surface area (Å²) in [7, 11) is 0. The van der Waals surface area contributed by atoms with E-state index >= 15 is 0 Å². The van der Waals surface area contributed by atoms with Crippen LogP contribution in [0.5, 0.6) is 0 Å². The zero-order chi connectivity index (χ0) is 23.2. The van der Waals surface area contributed by atoms with E-state index in [0.717, 1.165) is 18.7 Å². The van der Waals surface area contributed by atoms with E-state index in [0.29, 0.717) is 55.5 Å². The second-order valence-corrected chi connectivity index (χ2v) is 8.73. The van der Waals surface area contributed by atoms with Gasteiger partial charge in [-0.1, -0.05) is 23.7 Å². The van der Waals surface area contributed by atoms with Gasteiger partial charge in [0.1, 0.15) is 0 Å². The van der Waals surface area contributed by atoms with Crippen molar-refractivity contribution in [2.75, 3.05) is 61.3 Å². The smallest absolute Gasteiger partial charge is 0.238 e. The highest BCUT2D eigenvalue weighted by atomic mass is 35.5. The maximum absolute atomic E-state index is 12.5. The highest BCUT2D eigenvalue weighted by molar-refractivity contribution is 6.33. The Morgan fingerprint density at radius 3 is 2.00 bits per heavy atom. The molecule has 2 N–H and O–H groups in total. The average Bonchev–Trinajstić information content (AvgIpc) is 3.23. The van der Waals surface area contributed by atoms with E-state index < -0.39 is 0 Å².